The van der Waals surface area contributed by atoms with Gasteiger partial charge in [-0.05, 0) is 119 Å². The lowest BCUT2D eigenvalue weighted by atomic mass is 9.33. The predicted octanol–water partition coefficient (Wildman–Crippen LogP) is 10.6. The summed E-state index contributed by atoms with van der Waals surface area (Å²) in [6, 6.07) is 54.4. The van der Waals surface area contributed by atoms with Crippen molar-refractivity contribution in [3.63, 3.8) is 0 Å². The van der Waals surface area contributed by atoms with E-state index in [0.717, 1.165) is 0 Å². The van der Waals surface area contributed by atoms with E-state index in [1.807, 2.05) is 0 Å². The van der Waals surface area contributed by atoms with Gasteiger partial charge in [-0.1, -0.05) is 125 Å². The van der Waals surface area contributed by atoms with Crippen LogP contribution in [0.15, 0.2) is 140 Å². The third-order valence-electron chi connectivity index (χ3n) is 14.0. The molecule has 1 spiro atoms. The van der Waals surface area contributed by atoms with Crippen LogP contribution in [0.4, 0.5) is 0 Å². The second-order valence-electron chi connectivity index (χ2n) is 17.1. The molecule has 10 aromatic rings. The maximum absolute atomic E-state index is 2.73. The first-order valence-corrected chi connectivity index (χ1v) is 20.1. The summed E-state index contributed by atoms with van der Waals surface area (Å²) in [7, 11) is 0. The highest BCUT2D eigenvalue weighted by atomic mass is 15.1. The summed E-state index contributed by atoms with van der Waals surface area (Å²) in [5, 5.41) is 5.41. The van der Waals surface area contributed by atoms with Gasteiger partial charge in [-0.15, -0.1) is 0 Å². The van der Waals surface area contributed by atoms with Gasteiger partial charge in [0.25, 0.3) is 6.71 Å². The number of hydrogen-bond acceptors (Lipinski definition) is 0. The van der Waals surface area contributed by atoms with Crippen molar-refractivity contribution in [1.82, 2.24) is 9.13 Å². The van der Waals surface area contributed by atoms with Gasteiger partial charge < -0.3 is 9.13 Å². The van der Waals surface area contributed by atoms with Gasteiger partial charge in [0, 0.05) is 43.8 Å². The molecule has 0 bridgehead atoms. The van der Waals surface area contributed by atoms with Crippen LogP contribution >= 0.6 is 0 Å². The van der Waals surface area contributed by atoms with Crippen LogP contribution in [0, 0.1) is 27.7 Å². The Morgan fingerprint density at radius 1 is 0.411 bits per heavy atom. The lowest BCUT2D eigenvalue weighted by Gasteiger charge is -2.45. The van der Waals surface area contributed by atoms with Crippen molar-refractivity contribution in [3.8, 4) is 33.6 Å². The zero-order valence-corrected chi connectivity index (χ0v) is 31.8. The molecule has 1 aliphatic carbocycles. The first-order valence-electron chi connectivity index (χ1n) is 20.1. The van der Waals surface area contributed by atoms with Gasteiger partial charge in [0.2, 0.25) is 0 Å². The molecule has 2 aromatic heterocycles. The largest absolute Gasteiger partial charge is 0.310 e. The van der Waals surface area contributed by atoms with Crippen LogP contribution in [0.1, 0.15) is 44.5 Å². The standard InChI is InChI=1S/C53H35BN2/c1-28-18-19-46-36(20-28)37-22-30(3)25-44-49(37)55(46)51-35(32-12-6-5-7-13-32)27-43-52-47(51)54(44)45-26-31(4)23-39-38-21-29(2)24-42(48(38)56(52)50(39)45)53(43)40-16-10-8-14-33(40)34-15-9-11-17-41(34)53/h5-27H,1-4H3. The molecule has 0 fully saturated rings. The van der Waals surface area contributed by atoms with E-state index >= 15 is 0 Å². The third kappa shape index (κ3) is 3.14. The van der Waals surface area contributed by atoms with Gasteiger partial charge in [0.05, 0.1) is 22.1 Å². The highest BCUT2D eigenvalue weighted by Gasteiger charge is 2.54. The van der Waals surface area contributed by atoms with E-state index in [1.165, 1.54) is 138 Å². The number of aromatic nitrogens is 2. The average molecular weight is 711 g/mol. The van der Waals surface area contributed by atoms with Crippen LogP contribution in [0.5, 0.6) is 0 Å². The molecule has 8 aromatic carbocycles. The van der Waals surface area contributed by atoms with Crippen LogP contribution in [0.3, 0.4) is 0 Å². The smallest absolute Gasteiger partial charge is 0.252 e. The topological polar surface area (TPSA) is 9.86 Å². The Hall–Kier alpha value is -6.58. The molecular weight excluding hydrogens is 675 g/mol. The van der Waals surface area contributed by atoms with E-state index in [2.05, 4.69) is 176 Å². The van der Waals surface area contributed by atoms with Crippen molar-refractivity contribution < 1.29 is 0 Å². The number of hydrogen-bond donors (Lipinski definition) is 0. The molecule has 3 heteroatoms. The number of aryl methyl sites for hydroxylation is 4. The second-order valence-corrected chi connectivity index (χ2v) is 17.1. The SMILES string of the molecule is Cc1ccc2c(c1)c1cc(C)cc3c1n2-c1c(-c2ccccc2)cc2c4c1B3c1cc(C)cc3c5cc(C)cc(c5n-4c13)C21c2ccccc2-c2ccccc21. The van der Waals surface area contributed by atoms with E-state index in [0.29, 0.717) is 0 Å². The zero-order valence-electron chi connectivity index (χ0n) is 31.8. The first kappa shape index (κ1) is 29.7. The molecule has 0 amide bonds. The van der Waals surface area contributed by atoms with Crippen molar-refractivity contribution >= 4 is 66.7 Å². The summed E-state index contributed by atoms with van der Waals surface area (Å²) in [4.78, 5) is 0. The van der Waals surface area contributed by atoms with Gasteiger partial charge in [-0.25, -0.2) is 0 Å². The van der Waals surface area contributed by atoms with Crippen LogP contribution in [0.25, 0.3) is 77.2 Å². The number of fused-ring (bicyclic) bond motifs is 14. The molecule has 5 heterocycles. The maximum atomic E-state index is 2.73. The highest BCUT2D eigenvalue weighted by Crippen LogP contribution is 2.62. The average Bonchev–Trinajstić information content (AvgIpc) is 3.82. The van der Waals surface area contributed by atoms with Crippen molar-refractivity contribution in [2.45, 2.75) is 33.1 Å². The normalized spacial score (nSPS) is 14.5. The lowest BCUT2D eigenvalue weighted by molar-refractivity contribution is 0.748. The molecule has 0 unspecified atom stereocenters. The van der Waals surface area contributed by atoms with Crippen molar-refractivity contribution in [1.29, 1.82) is 0 Å². The monoisotopic (exact) mass is 710 g/mol. The van der Waals surface area contributed by atoms with Crippen LogP contribution in [0.2, 0.25) is 0 Å². The van der Waals surface area contributed by atoms with E-state index in [-0.39, 0.29) is 6.71 Å². The van der Waals surface area contributed by atoms with E-state index in [1.54, 1.807) is 0 Å². The number of benzene rings is 8. The summed E-state index contributed by atoms with van der Waals surface area (Å²) < 4.78 is 5.40. The van der Waals surface area contributed by atoms with E-state index < -0.39 is 5.41 Å². The second kappa shape index (κ2) is 9.62. The molecule has 0 saturated carbocycles. The minimum Gasteiger partial charge on any atom is -0.310 e. The molecule has 4 aliphatic rings. The molecule has 0 radical (unpaired) electrons. The minimum absolute atomic E-state index is 0.0634. The maximum Gasteiger partial charge on any atom is 0.252 e. The summed E-state index contributed by atoms with van der Waals surface area (Å²) in [5.41, 5.74) is 27.8. The van der Waals surface area contributed by atoms with Crippen LogP contribution in [-0.4, -0.2) is 15.8 Å². The molecule has 3 aliphatic heterocycles. The highest BCUT2D eigenvalue weighted by molar-refractivity contribution is 7.00. The van der Waals surface area contributed by atoms with Gasteiger partial charge >= 0.3 is 0 Å². The molecule has 0 N–H and O–H groups in total. The Morgan fingerprint density at radius 2 is 0.982 bits per heavy atom. The van der Waals surface area contributed by atoms with Gasteiger partial charge in [0.15, 0.2) is 0 Å². The van der Waals surface area contributed by atoms with Gasteiger partial charge in [-0.3, -0.25) is 0 Å². The lowest BCUT2D eigenvalue weighted by Crippen LogP contribution is -2.60. The molecular formula is C53H35BN2. The Bertz CT molecular complexity index is 3480. The van der Waals surface area contributed by atoms with Crippen molar-refractivity contribution in [2.75, 3.05) is 0 Å². The molecule has 260 valence electrons. The fraction of sp³-hybridized carbons (Fsp3) is 0.0943. The summed E-state index contributed by atoms with van der Waals surface area (Å²) >= 11 is 0. The Kier molecular flexibility index (Phi) is 5.11. The summed E-state index contributed by atoms with van der Waals surface area (Å²) in [5.74, 6) is 0. The van der Waals surface area contributed by atoms with Gasteiger partial charge in [-0.2, -0.15) is 0 Å². The Labute approximate surface area is 325 Å². The van der Waals surface area contributed by atoms with Crippen molar-refractivity contribution in [2.24, 2.45) is 0 Å². The third-order valence-corrected chi connectivity index (χ3v) is 14.0. The zero-order chi connectivity index (χ0) is 36.9. The van der Waals surface area contributed by atoms with Crippen LogP contribution < -0.4 is 16.4 Å². The first-order chi connectivity index (χ1) is 27.4. The number of rotatable bonds is 1. The number of nitrogens with zero attached hydrogens (tertiary/aromatic N) is 2. The van der Waals surface area contributed by atoms with Crippen LogP contribution in [-0.2, 0) is 5.41 Å². The molecule has 14 rings (SSSR count). The minimum atomic E-state index is -0.509. The molecule has 0 atom stereocenters. The quantitative estimate of drug-likeness (QED) is 0.150. The predicted molar refractivity (Wildman–Crippen MR) is 235 cm³/mol. The molecule has 56 heavy (non-hydrogen) atoms. The van der Waals surface area contributed by atoms with Gasteiger partial charge in [0.1, 0.15) is 0 Å². The van der Waals surface area contributed by atoms with E-state index in [9.17, 15) is 0 Å². The summed E-state index contributed by atoms with van der Waals surface area (Å²) in [6.45, 7) is 9.19. The Morgan fingerprint density at radius 3 is 1.68 bits per heavy atom. The van der Waals surface area contributed by atoms with E-state index in [4.69, 9.17) is 0 Å². The Balaban J connectivity index is 1.33. The summed E-state index contributed by atoms with van der Waals surface area (Å²) in [6.07, 6.45) is 0. The fourth-order valence-corrected chi connectivity index (χ4v) is 12.2. The van der Waals surface area contributed by atoms with Crippen molar-refractivity contribution in [3.05, 3.63) is 184 Å². The fourth-order valence-electron chi connectivity index (χ4n) is 12.2. The molecule has 0 saturated heterocycles. The molecule has 2 nitrogen and oxygen atoms in total.